The molecule has 1 saturated carbocycles. The lowest BCUT2D eigenvalue weighted by Gasteiger charge is -2.25. The Bertz CT molecular complexity index is 431. The van der Waals surface area contributed by atoms with Crippen LogP contribution in [-0.4, -0.2) is 17.1 Å². The minimum atomic E-state index is -0.415. The Morgan fingerprint density at radius 3 is 2.82 bits per heavy atom. The van der Waals surface area contributed by atoms with Crippen molar-refractivity contribution in [1.82, 2.24) is 0 Å². The summed E-state index contributed by atoms with van der Waals surface area (Å²) in [4.78, 5) is 0. The number of rotatable bonds is 4. The number of hydrogen-bond donors (Lipinski definition) is 2. The molecule has 1 aromatic rings. The van der Waals surface area contributed by atoms with E-state index in [1.165, 1.54) is 18.6 Å². The van der Waals surface area contributed by atoms with E-state index in [-0.39, 0.29) is 5.84 Å². The third kappa shape index (κ3) is 2.94. The molecule has 1 fully saturated rings. The van der Waals surface area contributed by atoms with Crippen LogP contribution in [0.1, 0.15) is 30.4 Å². The fourth-order valence-electron chi connectivity index (χ4n) is 1.69. The van der Waals surface area contributed by atoms with Crippen LogP contribution in [0.25, 0.3) is 0 Å². The van der Waals surface area contributed by atoms with Crippen molar-refractivity contribution in [3.05, 3.63) is 35.1 Å². The summed E-state index contributed by atoms with van der Waals surface area (Å²) < 4.78 is 18.9. The highest BCUT2D eigenvalue weighted by Gasteiger charge is 2.17. The molecule has 0 aliphatic heterocycles. The summed E-state index contributed by atoms with van der Waals surface area (Å²) in [6.45, 7) is 0.355. The molecular weight excluding hydrogens is 223 g/mol. The number of nitrogens with zero attached hydrogens (tertiary/aromatic N) is 1. The molecule has 0 saturated heterocycles. The maximum Gasteiger partial charge on any atom is 0.170 e. The molecule has 1 aromatic carbocycles. The Kier molecular flexibility index (Phi) is 3.58. The first-order chi connectivity index (χ1) is 8.19. The van der Waals surface area contributed by atoms with E-state index in [0.717, 1.165) is 12.8 Å². The quantitative estimate of drug-likeness (QED) is 0.365. The molecule has 0 aromatic heterocycles. The summed E-state index contributed by atoms with van der Waals surface area (Å²) in [5, 5.41) is 11.4. The highest BCUT2D eigenvalue weighted by molar-refractivity contribution is 5.97. The molecule has 17 heavy (non-hydrogen) atoms. The van der Waals surface area contributed by atoms with Gasteiger partial charge in [-0.2, -0.15) is 0 Å². The summed E-state index contributed by atoms with van der Waals surface area (Å²) in [5.41, 5.74) is 6.47. The summed E-state index contributed by atoms with van der Waals surface area (Å²) in [5.74, 6) is -0.518. The lowest BCUT2D eigenvalue weighted by molar-refractivity contribution is -0.00875. The van der Waals surface area contributed by atoms with E-state index < -0.39 is 5.82 Å². The van der Waals surface area contributed by atoms with Crippen molar-refractivity contribution in [2.75, 3.05) is 0 Å². The second-order valence-electron chi connectivity index (χ2n) is 4.20. The monoisotopic (exact) mass is 238 g/mol. The molecule has 0 atom stereocenters. The second kappa shape index (κ2) is 5.14. The molecule has 3 N–H and O–H groups in total. The number of nitrogens with two attached hydrogens (primary N) is 1. The van der Waals surface area contributed by atoms with E-state index in [1.807, 2.05) is 0 Å². The van der Waals surface area contributed by atoms with Gasteiger partial charge in [0, 0.05) is 5.56 Å². The minimum Gasteiger partial charge on any atom is -0.409 e. The van der Waals surface area contributed by atoms with Gasteiger partial charge in [0.25, 0.3) is 0 Å². The van der Waals surface area contributed by atoms with Crippen molar-refractivity contribution in [3.63, 3.8) is 0 Å². The van der Waals surface area contributed by atoms with Crippen molar-refractivity contribution < 1.29 is 14.3 Å². The van der Waals surface area contributed by atoms with Crippen LogP contribution in [0.15, 0.2) is 23.4 Å². The summed E-state index contributed by atoms with van der Waals surface area (Å²) in [6, 6.07) is 4.28. The van der Waals surface area contributed by atoms with Crippen molar-refractivity contribution in [1.29, 1.82) is 0 Å². The lowest BCUT2D eigenvalue weighted by atomic mass is 9.96. The third-order valence-corrected chi connectivity index (χ3v) is 2.90. The van der Waals surface area contributed by atoms with Crippen LogP contribution in [-0.2, 0) is 11.3 Å². The maximum atomic E-state index is 13.3. The van der Waals surface area contributed by atoms with Crippen LogP contribution in [0.3, 0.4) is 0 Å². The van der Waals surface area contributed by atoms with Crippen LogP contribution in [0.2, 0.25) is 0 Å². The van der Waals surface area contributed by atoms with E-state index in [1.54, 1.807) is 6.07 Å². The van der Waals surface area contributed by atoms with Gasteiger partial charge >= 0.3 is 0 Å². The topological polar surface area (TPSA) is 67.8 Å². The molecule has 5 heteroatoms. The molecule has 1 aliphatic carbocycles. The molecule has 0 bridgehead atoms. The molecule has 2 rings (SSSR count). The Balaban J connectivity index is 2.07. The Morgan fingerprint density at radius 2 is 2.24 bits per heavy atom. The average molecular weight is 238 g/mol. The maximum absolute atomic E-state index is 13.3. The number of hydrogen-bond acceptors (Lipinski definition) is 3. The van der Waals surface area contributed by atoms with Crippen LogP contribution in [0, 0.1) is 5.82 Å². The Morgan fingerprint density at radius 1 is 1.47 bits per heavy atom. The van der Waals surface area contributed by atoms with E-state index in [0.29, 0.717) is 23.8 Å². The van der Waals surface area contributed by atoms with Crippen molar-refractivity contribution in [2.24, 2.45) is 10.9 Å². The predicted octanol–water partition coefficient (Wildman–Crippen LogP) is 1.99. The Labute approximate surface area is 98.9 Å². The highest BCUT2D eigenvalue weighted by Crippen LogP contribution is 2.23. The van der Waals surface area contributed by atoms with Gasteiger partial charge in [-0.05, 0) is 43.0 Å². The van der Waals surface area contributed by atoms with Crippen molar-refractivity contribution in [3.8, 4) is 0 Å². The first-order valence-corrected chi connectivity index (χ1v) is 5.58. The molecule has 92 valence electrons. The molecule has 1 aliphatic rings. The SMILES string of the molecule is N/C(=N/O)c1cc(F)cc(COC2CCC2)c1. The number of benzene rings is 1. The molecule has 0 unspecified atom stereocenters. The minimum absolute atomic E-state index is 0.102. The summed E-state index contributed by atoms with van der Waals surface area (Å²) in [7, 11) is 0. The fourth-order valence-corrected chi connectivity index (χ4v) is 1.69. The second-order valence-corrected chi connectivity index (χ2v) is 4.20. The predicted molar refractivity (Wildman–Crippen MR) is 61.3 cm³/mol. The van der Waals surface area contributed by atoms with Gasteiger partial charge in [-0.15, -0.1) is 0 Å². The summed E-state index contributed by atoms with van der Waals surface area (Å²) in [6.07, 6.45) is 3.64. The molecule has 0 spiro atoms. The number of oxime groups is 1. The van der Waals surface area contributed by atoms with Gasteiger partial charge in [-0.1, -0.05) is 5.16 Å². The van der Waals surface area contributed by atoms with Gasteiger partial charge < -0.3 is 15.7 Å². The summed E-state index contributed by atoms with van der Waals surface area (Å²) >= 11 is 0. The number of halogens is 1. The first-order valence-electron chi connectivity index (χ1n) is 5.58. The molecule has 0 radical (unpaired) electrons. The number of ether oxygens (including phenoxy) is 1. The zero-order valence-electron chi connectivity index (χ0n) is 9.40. The van der Waals surface area contributed by atoms with Gasteiger partial charge in [-0.25, -0.2) is 4.39 Å². The zero-order chi connectivity index (χ0) is 12.3. The molecule has 0 heterocycles. The van der Waals surface area contributed by atoms with Crippen molar-refractivity contribution in [2.45, 2.75) is 32.0 Å². The lowest BCUT2D eigenvalue weighted by Crippen LogP contribution is -2.21. The van der Waals surface area contributed by atoms with Gasteiger partial charge in [0.05, 0.1) is 12.7 Å². The van der Waals surface area contributed by atoms with E-state index in [4.69, 9.17) is 15.7 Å². The van der Waals surface area contributed by atoms with Crippen LogP contribution >= 0.6 is 0 Å². The zero-order valence-corrected chi connectivity index (χ0v) is 9.40. The Hall–Kier alpha value is -1.62. The molecule has 4 nitrogen and oxygen atoms in total. The molecule has 0 amide bonds. The first kappa shape index (κ1) is 11.9. The smallest absolute Gasteiger partial charge is 0.170 e. The van der Waals surface area contributed by atoms with Crippen LogP contribution < -0.4 is 5.73 Å². The largest absolute Gasteiger partial charge is 0.409 e. The number of amidine groups is 1. The van der Waals surface area contributed by atoms with Crippen molar-refractivity contribution >= 4 is 5.84 Å². The van der Waals surface area contributed by atoms with E-state index in [9.17, 15) is 4.39 Å². The molecular formula is C12H15FN2O2. The van der Waals surface area contributed by atoms with Crippen LogP contribution in [0.5, 0.6) is 0 Å². The highest BCUT2D eigenvalue weighted by atomic mass is 19.1. The standard InChI is InChI=1S/C12H15FN2O2/c13-10-5-8(7-17-11-2-1-3-11)4-9(6-10)12(14)15-16/h4-6,11,16H,1-3,7H2,(H2,14,15). The van der Waals surface area contributed by atoms with Gasteiger partial charge in [-0.3, -0.25) is 0 Å². The van der Waals surface area contributed by atoms with E-state index in [2.05, 4.69) is 5.16 Å². The van der Waals surface area contributed by atoms with Gasteiger partial charge in [0.1, 0.15) is 5.82 Å². The van der Waals surface area contributed by atoms with E-state index >= 15 is 0 Å². The average Bonchev–Trinajstić information content (AvgIpc) is 2.25. The van der Waals surface area contributed by atoms with Crippen LogP contribution in [0.4, 0.5) is 4.39 Å². The normalized spacial score (nSPS) is 16.9. The third-order valence-electron chi connectivity index (χ3n) is 2.90. The van der Waals surface area contributed by atoms with Gasteiger partial charge in [0.2, 0.25) is 0 Å². The van der Waals surface area contributed by atoms with Gasteiger partial charge in [0.15, 0.2) is 5.84 Å². The fraction of sp³-hybridized carbons (Fsp3) is 0.417.